The van der Waals surface area contributed by atoms with E-state index in [0.717, 1.165) is 40.5 Å². The molecule has 0 aliphatic rings. The van der Waals surface area contributed by atoms with Gasteiger partial charge in [-0.2, -0.15) is 0 Å². The van der Waals surface area contributed by atoms with Crippen molar-refractivity contribution in [3.8, 4) is 0 Å². The molecule has 0 unspecified atom stereocenters. The van der Waals surface area contributed by atoms with Gasteiger partial charge in [0.25, 0.3) is 0 Å². The van der Waals surface area contributed by atoms with Crippen LogP contribution in [0.3, 0.4) is 0 Å². The van der Waals surface area contributed by atoms with E-state index in [1.165, 1.54) is 0 Å². The van der Waals surface area contributed by atoms with E-state index in [4.69, 9.17) is 4.74 Å². The summed E-state index contributed by atoms with van der Waals surface area (Å²) in [6.07, 6.45) is 0.767. The minimum absolute atomic E-state index is 0.406. The maximum Gasteiger partial charge on any atom is 0.143 e. The summed E-state index contributed by atoms with van der Waals surface area (Å²) in [6.45, 7) is 10.7. The molecule has 0 aromatic carbocycles. The van der Waals surface area contributed by atoms with Crippen LogP contribution in [0.1, 0.15) is 45.1 Å². The Labute approximate surface area is 123 Å². The second-order valence-electron chi connectivity index (χ2n) is 4.32. The molecule has 0 spiro atoms. The maximum atomic E-state index is 5.37. The largest absolute Gasteiger partial charge is 0.381 e. The van der Waals surface area contributed by atoms with E-state index in [1.807, 2.05) is 6.92 Å². The summed E-state index contributed by atoms with van der Waals surface area (Å²) in [7, 11) is 0. The molecule has 0 bridgehead atoms. The van der Waals surface area contributed by atoms with Gasteiger partial charge in [0.05, 0.1) is 15.9 Å². The minimum Gasteiger partial charge on any atom is -0.381 e. The van der Waals surface area contributed by atoms with Crippen LogP contribution in [-0.4, -0.2) is 29.7 Å². The number of hydrogen-bond acceptors (Lipinski definition) is 4. The molecule has 1 rings (SSSR count). The third-order valence-electron chi connectivity index (χ3n) is 2.49. The molecule has 1 heterocycles. The Morgan fingerprint density at radius 3 is 2.56 bits per heavy atom. The molecule has 0 amide bonds. The standard InChI is InChI=1S/C13H22IN3O/c1-5-15-13-11(14)12(9(3)4)16-10(17-13)7-8-18-6-2/h9H,5-8H2,1-4H3,(H,15,16,17). The van der Waals surface area contributed by atoms with E-state index in [1.54, 1.807) is 0 Å². The zero-order chi connectivity index (χ0) is 13.5. The molecule has 4 nitrogen and oxygen atoms in total. The summed E-state index contributed by atoms with van der Waals surface area (Å²) in [5.74, 6) is 2.22. The summed E-state index contributed by atoms with van der Waals surface area (Å²) in [5.41, 5.74) is 1.12. The Kier molecular flexibility index (Phi) is 6.85. The highest BCUT2D eigenvalue weighted by atomic mass is 127. The number of hydrogen-bond donors (Lipinski definition) is 1. The van der Waals surface area contributed by atoms with Crippen LogP contribution >= 0.6 is 22.6 Å². The minimum atomic E-state index is 0.406. The number of ether oxygens (including phenoxy) is 1. The van der Waals surface area contributed by atoms with Crippen molar-refractivity contribution < 1.29 is 4.74 Å². The predicted octanol–water partition coefficient (Wildman–Crippen LogP) is 3.22. The lowest BCUT2D eigenvalue weighted by Crippen LogP contribution is -2.12. The number of aromatic nitrogens is 2. The lowest BCUT2D eigenvalue weighted by molar-refractivity contribution is 0.149. The molecule has 0 aliphatic heterocycles. The lowest BCUT2D eigenvalue weighted by Gasteiger charge is -2.14. The van der Waals surface area contributed by atoms with Gasteiger partial charge in [-0.3, -0.25) is 0 Å². The van der Waals surface area contributed by atoms with Gasteiger partial charge in [0.2, 0.25) is 0 Å². The molecule has 0 saturated carbocycles. The molecule has 0 fully saturated rings. The normalized spacial score (nSPS) is 11.0. The summed E-state index contributed by atoms with van der Waals surface area (Å²) < 4.78 is 6.49. The monoisotopic (exact) mass is 363 g/mol. The fourth-order valence-electron chi connectivity index (χ4n) is 1.60. The van der Waals surface area contributed by atoms with Crippen LogP contribution in [0, 0.1) is 3.57 Å². The average Bonchev–Trinajstić information content (AvgIpc) is 2.33. The first-order chi connectivity index (χ1) is 8.60. The predicted molar refractivity (Wildman–Crippen MR) is 83.2 cm³/mol. The third-order valence-corrected chi connectivity index (χ3v) is 3.55. The van der Waals surface area contributed by atoms with Gasteiger partial charge >= 0.3 is 0 Å². The van der Waals surface area contributed by atoms with E-state index in [2.05, 4.69) is 58.6 Å². The first kappa shape index (κ1) is 15.6. The Balaban J connectivity index is 2.96. The molecule has 102 valence electrons. The van der Waals surface area contributed by atoms with Gasteiger partial charge in [-0.05, 0) is 42.4 Å². The number of nitrogens with zero attached hydrogens (tertiary/aromatic N) is 2. The summed E-state index contributed by atoms with van der Waals surface area (Å²) in [6, 6.07) is 0. The van der Waals surface area contributed by atoms with Gasteiger partial charge in [-0.1, -0.05) is 13.8 Å². The van der Waals surface area contributed by atoms with Gasteiger partial charge in [0, 0.05) is 19.6 Å². The number of anilines is 1. The van der Waals surface area contributed by atoms with Crippen LogP contribution in [-0.2, 0) is 11.2 Å². The van der Waals surface area contributed by atoms with Crippen LogP contribution in [0.5, 0.6) is 0 Å². The lowest BCUT2D eigenvalue weighted by atomic mass is 10.1. The molecule has 0 radical (unpaired) electrons. The quantitative estimate of drug-likeness (QED) is 0.597. The SMILES string of the molecule is CCNc1nc(CCOCC)nc(C(C)C)c1I. The van der Waals surface area contributed by atoms with Gasteiger partial charge in [-0.15, -0.1) is 0 Å². The van der Waals surface area contributed by atoms with Crippen molar-refractivity contribution in [3.05, 3.63) is 15.1 Å². The number of nitrogens with one attached hydrogen (secondary N) is 1. The Hall–Kier alpha value is -0.430. The van der Waals surface area contributed by atoms with Crippen molar-refractivity contribution in [2.24, 2.45) is 0 Å². The highest BCUT2D eigenvalue weighted by Gasteiger charge is 2.14. The van der Waals surface area contributed by atoms with Crippen molar-refractivity contribution in [1.82, 2.24) is 9.97 Å². The smallest absolute Gasteiger partial charge is 0.143 e. The summed E-state index contributed by atoms with van der Waals surface area (Å²) in [4.78, 5) is 9.22. The van der Waals surface area contributed by atoms with Gasteiger partial charge in [0.15, 0.2) is 0 Å². The molecule has 5 heteroatoms. The van der Waals surface area contributed by atoms with Crippen LogP contribution < -0.4 is 5.32 Å². The summed E-state index contributed by atoms with van der Waals surface area (Å²) in [5, 5.41) is 3.30. The number of halogens is 1. The summed E-state index contributed by atoms with van der Waals surface area (Å²) >= 11 is 2.32. The fourth-order valence-corrected chi connectivity index (χ4v) is 2.65. The van der Waals surface area contributed by atoms with Gasteiger partial charge < -0.3 is 10.1 Å². The zero-order valence-corrected chi connectivity index (χ0v) is 13.7. The van der Waals surface area contributed by atoms with Crippen LogP contribution in [0.2, 0.25) is 0 Å². The van der Waals surface area contributed by atoms with Gasteiger partial charge in [0.1, 0.15) is 11.6 Å². The average molecular weight is 363 g/mol. The topological polar surface area (TPSA) is 47.0 Å². The molecule has 1 N–H and O–H groups in total. The molecule has 18 heavy (non-hydrogen) atoms. The van der Waals surface area contributed by atoms with Crippen molar-refractivity contribution in [2.45, 2.75) is 40.0 Å². The number of rotatable bonds is 7. The second-order valence-corrected chi connectivity index (χ2v) is 5.40. The Morgan fingerprint density at radius 2 is 2.00 bits per heavy atom. The highest BCUT2D eigenvalue weighted by molar-refractivity contribution is 14.1. The van der Waals surface area contributed by atoms with Crippen molar-refractivity contribution in [3.63, 3.8) is 0 Å². The Bertz CT molecular complexity index is 383. The van der Waals surface area contributed by atoms with Crippen LogP contribution in [0.4, 0.5) is 5.82 Å². The van der Waals surface area contributed by atoms with Crippen LogP contribution in [0.25, 0.3) is 0 Å². The van der Waals surface area contributed by atoms with Crippen molar-refractivity contribution >= 4 is 28.4 Å². The molecule has 0 aliphatic carbocycles. The molecular weight excluding hydrogens is 341 g/mol. The Morgan fingerprint density at radius 1 is 1.28 bits per heavy atom. The van der Waals surface area contributed by atoms with Crippen molar-refractivity contribution in [2.75, 3.05) is 25.1 Å². The maximum absolute atomic E-state index is 5.37. The molecule has 0 saturated heterocycles. The molecule has 1 aromatic heterocycles. The molecular formula is C13H22IN3O. The fraction of sp³-hybridized carbons (Fsp3) is 0.692. The van der Waals surface area contributed by atoms with E-state index < -0.39 is 0 Å². The van der Waals surface area contributed by atoms with E-state index in [0.29, 0.717) is 12.5 Å². The molecule has 0 atom stereocenters. The first-order valence-electron chi connectivity index (χ1n) is 6.48. The second kappa shape index (κ2) is 7.89. The van der Waals surface area contributed by atoms with E-state index in [-0.39, 0.29) is 0 Å². The van der Waals surface area contributed by atoms with Gasteiger partial charge in [-0.25, -0.2) is 9.97 Å². The highest BCUT2D eigenvalue weighted by Crippen LogP contribution is 2.25. The molecule has 1 aromatic rings. The first-order valence-corrected chi connectivity index (χ1v) is 7.55. The van der Waals surface area contributed by atoms with E-state index >= 15 is 0 Å². The zero-order valence-electron chi connectivity index (χ0n) is 11.6. The van der Waals surface area contributed by atoms with Crippen LogP contribution in [0.15, 0.2) is 0 Å². The third kappa shape index (κ3) is 4.35. The van der Waals surface area contributed by atoms with Crippen molar-refractivity contribution in [1.29, 1.82) is 0 Å². The van der Waals surface area contributed by atoms with E-state index in [9.17, 15) is 0 Å².